The Morgan fingerprint density at radius 1 is 1.40 bits per heavy atom. The lowest BCUT2D eigenvalue weighted by molar-refractivity contribution is -0.115. The summed E-state index contributed by atoms with van der Waals surface area (Å²) in [6.45, 7) is 4.61. The van der Waals surface area contributed by atoms with Gasteiger partial charge in [0.1, 0.15) is 5.75 Å². The number of carbonyl (C=O) groups excluding carboxylic acids is 1. The number of anilines is 1. The fourth-order valence-electron chi connectivity index (χ4n) is 1.76. The smallest absolute Gasteiger partial charge is 0.230 e. The first-order valence-corrected chi connectivity index (χ1v) is 7.49. The van der Waals surface area contributed by atoms with Gasteiger partial charge in [0, 0.05) is 5.38 Å². The first kappa shape index (κ1) is 14.5. The predicted octanol–water partition coefficient (Wildman–Crippen LogP) is 3.42. The van der Waals surface area contributed by atoms with Crippen LogP contribution in [0.4, 0.5) is 5.69 Å². The number of rotatable bonds is 6. The third kappa shape index (κ3) is 4.06. The number of hydrogen-bond acceptors (Lipinski definition) is 4. The summed E-state index contributed by atoms with van der Waals surface area (Å²) in [7, 11) is 0. The number of hydrogen-bond donors (Lipinski definition) is 1. The summed E-state index contributed by atoms with van der Waals surface area (Å²) in [6.07, 6.45) is 1.22. The SMILES string of the molecule is CCCOc1ccccc1NC(=O)Cc1csc(C)n1. The van der Waals surface area contributed by atoms with E-state index in [0.717, 1.165) is 17.1 Å². The highest BCUT2D eigenvalue weighted by Crippen LogP contribution is 2.24. The second kappa shape index (κ2) is 7.05. The van der Waals surface area contributed by atoms with E-state index >= 15 is 0 Å². The zero-order chi connectivity index (χ0) is 14.4. The molecular formula is C15H18N2O2S. The Morgan fingerprint density at radius 2 is 2.20 bits per heavy atom. The molecule has 1 aromatic carbocycles. The molecule has 0 atom stereocenters. The number of aromatic nitrogens is 1. The average Bonchev–Trinajstić information content (AvgIpc) is 2.83. The van der Waals surface area contributed by atoms with Gasteiger partial charge in [-0.25, -0.2) is 4.98 Å². The van der Waals surface area contributed by atoms with Crippen LogP contribution in [0.3, 0.4) is 0 Å². The summed E-state index contributed by atoms with van der Waals surface area (Å²) >= 11 is 1.55. The number of para-hydroxylation sites is 2. The van der Waals surface area contributed by atoms with Crippen molar-refractivity contribution in [3.63, 3.8) is 0 Å². The molecule has 0 aliphatic heterocycles. The van der Waals surface area contributed by atoms with Crippen LogP contribution >= 0.6 is 11.3 Å². The quantitative estimate of drug-likeness (QED) is 0.887. The van der Waals surface area contributed by atoms with Crippen LogP contribution in [0.1, 0.15) is 24.0 Å². The Labute approximate surface area is 122 Å². The van der Waals surface area contributed by atoms with E-state index in [9.17, 15) is 4.79 Å². The van der Waals surface area contributed by atoms with Crippen LogP contribution in [0.2, 0.25) is 0 Å². The molecule has 0 bridgehead atoms. The molecule has 0 spiro atoms. The molecule has 1 heterocycles. The maximum absolute atomic E-state index is 12.0. The lowest BCUT2D eigenvalue weighted by Crippen LogP contribution is -2.15. The Balaban J connectivity index is 2.00. The van der Waals surface area contributed by atoms with Gasteiger partial charge < -0.3 is 10.1 Å². The van der Waals surface area contributed by atoms with Crippen molar-refractivity contribution in [1.29, 1.82) is 0 Å². The van der Waals surface area contributed by atoms with E-state index in [-0.39, 0.29) is 12.3 Å². The standard InChI is InChI=1S/C15H18N2O2S/c1-3-8-19-14-7-5-4-6-13(14)17-15(18)9-12-10-20-11(2)16-12/h4-7,10H,3,8-9H2,1-2H3,(H,17,18). The van der Waals surface area contributed by atoms with Gasteiger partial charge in [-0.2, -0.15) is 0 Å². The topological polar surface area (TPSA) is 51.2 Å². The summed E-state index contributed by atoms with van der Waals surface area (Å²) in [5.74, 6) is 0.625. The second-order valence-electron chi connectivity index (χ2n) is 4.43. The van der Waals surface area contributed by atoms with E-state index < -0.39 is 0 Å². The summed E-state index contributed by atoms with van der Waals surface area (Å²) in [5.41, 5.74) is 1.51. The molecule has 0 saturated heterocycles. The van der Waals surface area contributed by atoms with Gasteiger partial charge in [-0.1, -0.05) is 19.1 Å². The van der Waals surface area contributed by atoms with Crippen molar-refractivity contribution in [2.45, 2.75) is 26.7 Å². The molecule has 106 valence electrons. The number of nitrogens with one attached hydrogen (secondary N) is 1. The number of thiazole rings is 1. The number of benzene rings is 1. The van der Waals surface area contributed by atoms with Gasteiger partial charge in [0.05, 0.1) is 29.4 Å². The molecule has 0 unspecified atom stereocenters. The average molecular weight is 290 g/mol. The largest absolute Gasteiger partial charge is 0.491 e. The Hall–Kier alpha value is -1.88. The molecule has 2 aromatic rings. The first-order chi connectivity index (χ1) is 9.69. The van der Waals surface area contributed by atoms with E-state index in [1.54, 1.807) is 11.3 Å². The van der Waals surface area contributed by atoms with Crippen LogP contribution in [0.25, 0.3) is 0 Å². The van der Waals surface area contributed by atoms with E-state index in [1.165, 1.54) is 0 Å². The normalized spacial score (nSPS) is 10.3. The Morgan fingerprint density at radius 3 is 2.90 bits per heavy atom. The lowest BCUT2D eigenvalue weighted by atomic mass is 10.2. The zero-order valence-corrected chi connectivity index (χ0v) is 12.5. The van der Waals surface area contributed by atoms with Crippen molar-refractivity contribution in [2.75, 3.05) is 11.9 Å². The van der Waals surface area contributed by atoms with Gasteiger partial charge in [-0.05, 0) is 25.5 Å². The number of nitrogens with zero attached hydrogens (tertiary/aromatic N) is 1. The number of ether oxygens (including phenoxy) is 1. The van der Waals surface area contributed by atoms with Gasteiger partial charge in [-0.3, -0.25) is 4.79 Å². The summed E-state index contributed by atoms with van der Waals surface area (Å²) in [6, 6.07) is 7.47. The minimum Gasteiger partial charge on any atom is -0.491 e. The summed E-state index contributed by atoms with van der Waals surface area (Å²) in [4.78, 5) is 16.3. The number of aryl methyl sites for hydroxylation is 1. The van der Waals surface area contributed by atoms with Gasteiger partial charge >= 0.3 is 0 Å². The van der Waals surface area contributed by atoms with Crippen LogP contribution in [0.5, 0.6) is 5.75 Å². The van der Waals surface area contributed by atoms with E-state index in [4.69, 9.17) is 4.74 Å². The molecule has 0 fully saturated rings. The molecule has 0 aliphatic carbocycles. The van der Waals surface area contributed by atoms with Crippen molar-refractivity contribution >= 4 is 22.9 Å². The molecule has 20 heavy (non-hydrogen) atoms. The third-order valence-corrected chi connectivity index (χ3v) is 3.45. The van der Waals surface area contributed by atoms with Crippen LogP contribution < -0.4 is 10.1 Å². The van der Waals surface area contributed by atoms with Crippen molar-refractivity contribution in [3.8, 4) is 5.75 Å². The molecule has 0 saturated carbocycles. The van der Waals surface area contributed by atoms with Crippen LogP contribution in [-0.2, 0) is 11.2 Å². The van der Waals surface area contributed by atoms with E-state index in [0.29, 0.717) is 18.0 Å². The monoisotopic (exact) mass is 290 g/mol. The molecule has 0 aliphatic rings. The molecule has 1 aromatic heterocycles. The maximum atomic E-state index is 12.0. The van der Waals surface area contributed by atoms with Crippen molar-refractivity contribution in [2.24, 2.45) is 0 Å². The van der Waals surface area contributed by atoms with Crippen molar-refractivity contribution < 1.29 is 9.53 Å². The molecule has 1 amide bonds. The highest BCUT2D eigenvalue weighted by molar-refractivity contribution is 7.09. The molecule has 0 radical (unpaired) electrons. The predicted molar refractivity (Wildman–Crippen MR) is 81.4 cm³/mol. The van der Waals surface area contributed by atoms with Crippen LogP contribution in [0, 0.1) is 6.92 Å². The van der Waals surface area contributed by atoms with Gasteiger partial charge in [0.25, 0.3) is 0 Å². The maximum Gasteiger partial charge on any atom is 0.230 e. The summed E-state index contributed by atoms with van der Waals surface area (Å²) < 4.78 is 5.61. The van der Waals surface area contributed by atoms with Gasteiger partial charge in [0.15, 0.2) is 0 Å². The Bertz CT molecular complexity index is 581. The highest BCUT2D eigenvalue weighted by Gasteiger charge is 2.09. The fourth-order valence-corrected chi connectivity index (χ4v) is 2.37. The van der Waals surface area contributed by atoms with Crippen molar-refractivity contribution in [3.05, 3.63) is 40.3 Å². The summed E-state index contributed by atoms with van der Waals surface area (Å²) in [5, 5.41) is 5.76. The zero-order valence-electron chi connectivity index (χ0n) is 11.7. The van der Waals surface area contributed by atoms with Gasteiger partial charge in [0.2, 0.25) is 5.91 Å². The Kier molecular flexibility index (Phi) is 5.12. The fraction of sp³-hybridized carbons (Fsp3) is 0.333. The number of amides is 1. The molecule has 4 nitrogen and oxygen atoms in total. The minimum absolute atomic E-state index is 0.0807. The molecule has 2 rings (SSSR count). The van der Waals surface area contributed by atoms with Crippen LogP contribution in [-0.4, -0.2) is 17.5 Å². The number of carbonyl (C=O) groups is 1. The van der Waals surface area contributed by atoms with Gasteiger partial charge in [-0.15, -0.1) is 11.3 Å². The van der Waals surface area contributed by atoms with E-state index in [1.807, 2.05) is 43.5 Å². The van der Waals surface area contributed by atoms with Crippen molar-refractivity contribution in [1.82, 2.24) is 4.98 Å². The highest BCUT2D eigenvalue weighted by atomic mass is 32.1. The third-order valence-electron chi connectivity index (χ3n) is 2.63. The molecule has 1 N–H and O–H groups in total. The molecular weight excluding hydrogens is 272 g/mol. The van der Waals surface area contributed by atoms with E-state index in [2.05, 4.69) is 10.3 Å². The lowest BCUT2D eigenvalue weighted by Gasteiger charge is -2.11. The minimum atomic E-state index is -0.0807. The second-order valence-corrected chi connectivity index (χ2v) is 5.49. The first-order valence-electron chi connectivity index (χ1n) is 6.61. The van der Waals surface area contributed by atoms with Crippen LogP contribution in [0.15, 0.2) is 29.6 Å². The molecule has 5 heteroatoms.